The van der Waals surface area contributed by atoms with Crippen molar-refractivity contribution in [3.05, 3.63) is 35.6 Å². The van der Waals surface area contributed by atoms with E-state index in [1.807, 2.05) is 11.8 Å². The molecular weight excluding hydrogens is 280 g/mol. The van der Waals surface area contributed by atoms with E-state index < -0.39 is 0 Å². The highest BCUT2D eigenvalue weighted by molar-refractivity contribution is 7.99. The van der Waals surface area contributed by atoms with E-state index in [9.17, 15) is 0 Å². The van der Waals surface area contributed by atoms with Gasteiger partial charge in [-0.05, 0) is 31.4 Å². The number of para-hydroxylation sites is 1. The Bertz CT molecular complexity index is 589. The first-order valence-corrected chi connectivity index (χ1v) is 8.89. The van der Waals surface area contributed by atoms with Gasteiger partial charge in [0.2, 0.25) is 0 Å². The number of fused-ring (bicyclic) bond motifs is 1. The van der Waals surface area contributed by atoms with Crippen LogP contribution in [0.1, 0.15) is 49.5 Å². The van der Waals surface area contributed by atoms with Crippen LogP contribution in [-0.2, 0) is 0 Å². The molecule has 3 rings (SSSR count). The largest absolute Gasteiger partial charge is 0.459 e. The quantitative estimate of drug-likeness (QED) is 0.638. The number of benzene rings is 1. The zero-order valence-corrected chi connectivity index (χ0v) is 13.4. The Labute approximate surface area is 130 Å². The van der Waals surface area contributed by atoms with Gasteiger partial charge in [-0.2, -0.15) is 11.8 Å². The zero-order chi connectivity index (χ0) is 14.7. The van der Waals surface area contributed by atoms with Gasteiger partial charge in [-0.15, -0.1) is 0 Å². The Balaban J connectivity index is 1.70. The minimum Gasteiger partial charge on any atom is -0.459 e. The molecule has 1 aliphatic carbocycles. The van der Waals surface area contributed by atoms with Crippen molar-refractivity contribution in [2.75, 3.05) is 5.75 Å². The van der Waals surface area contributed by atoms with Crippen LogP contribution in [-0.4, -0.2) is 11.0 Å². The zero-order valence-electron chi connectivity index (χ0n) is 12.6. The van der Waals surface area contributed by atoms with Gasteiger partial charge in [-0.3, -0.25) is 5.84 Å². The first-order chi connectivity index (χ1) is 10.3. The second-order valence-electron chi connectivity index (χ2n) is 5.95. The molecule has 0 saturated heterocycles. The highest BCUT2D eigenvalue weighted by atomic mass is 32.2. The molecule has 0 amide bonds. The Morgan fingerprint density at radius 2 is 2.14 bits per heavy atom. The van der Waals surface area contributed by atoms with E-state index in [1.165, 1.54) is 37.7 Å². The maximum atomic E-state index is 6.04. The molecule has 3 nitrogen and oxygen atoms in total. The summed E-state index contributed by atoms with van der Waals surface area (Å²) in [4.78, 5) is 0. The molecule has 1 atom stereocenters. The van der Waals surface area contributed by atoms with E-state index in [2.05, 4.69) is 36.6 Å². The number of thioether (sulfide) groups is 1. The first kappa shape index (κ1) is 14.9. The van der Waals surface area contributed by atoms with Crippen LogP contribution in [0.5, 0.6) is 0 Å². The molecule has 0 spiro atoms. The van der Waals surface area contributed by atoms with Crippen LogP contribution in [0.25, 0.3) is 11.0 Å². The van der Waals surface area contributed by atoms with E-state index in [4.69, 9.17) is 10.3 Å². The molecule has 1 fully saturated rings. The van der Waals surface area contributed by atoms with Gasteiger partial charge < -0.3 is 4.42 Å². The van der Waals surface area contributed by atoms with E-state index >= 15 is 0 Å². The van der Waals surface area contributed by atoms with E-state index in [0.717, 1.165) is 27.7 Å². The summed E-state index contributed by atoms with van der Waals surface area (Å²) < 4.78 is 6.04. The number of rotatable bonds is 5. The predicted molar refractivity (Wildman–Crippen MR) is 90.3 cm³/mol. The number of hydrogen-bond donors (Lipinski definition) is 2. The maximum absolute atomic E-state index is 6.04. The Morgan fingerprint density at radius 1 is 1.33 bits per heavy atom. The van der Waals surface area contributed by atoms with E-state index in [0.29, 0.717) is 0 Å². The molecule has 1 unspecified atom stereocenters. The number of hydrogen-bond acceptors (Lipinski definition) is 4. The Morgan fingerprint density at radius 3 is 2.86 bits per heavy atom. The van der Waals surface area contributed by atoms with Gasteiger partial charge in [0.1, 0.15) is 11.3 Å². The third-order valence-corrected chi connectivity index (χ3v) is 5.82. The Kier molecular flexibility index (Phi) is 4.88. The summed E-state index contributed by atoms with van der Waals surface area (Å²) in [5.74, 6) is 7.68. The number of nitrogens with two attached hydrogens (primary N) is 1. The van der Waals surface area contributed by atoms with Crippen LogP contribution in [0.15, 0.2) is 28.7 Å². The highest BCUT2D eigenvalue weighted by Crippen LogP contribution is 2.32. The second kappa shape index (κ2) is 6.86. The van der Waals surface area contributed by atoms with Gasteiger partial charge in [-0.25, -0.2) is 5.43 Å². The maximum Gasteiger partial charge on any atom is 0.137 e. The normalized spacial score (nSPS) is 18.2. The molecule has 0 bridgehead atoms. The van der Waals surface area contributed by atoms with Gasteiger partial charge in [0.25, 0.3) is 0 Å². The summed E-state index contributed by atoms with van der Waals surface area (Å²) in [6.45, 7) is 2.08. The molecule has 21 heavy (non-hydrogen) atoms. The third kappa shape index (κ3) is 3.44. The number of furan rings is 1. The minimum atomic E-state index is 0.0868. The van der Waals surface area contributed by atoms with Crippen molar-refractivity contribution in [2.24, 2.45) is 5.84 Å². The van der Waals surface area contributed by atoms with E-state index in [-0.39, 0.29) is 6.04 Å². The fraction of sp³-hybridized carbons (Fsp3) is 0.529. The smallest absolute Gasteiger partial charge is 0.137 e. The second-order valence-corrected chi connectivity index (χ2v) is 7.29. The highest BCUT2D eigenvalue weighted by Gasteiger charge is 2.20. The summed E-state index contributed by atoms with van der Waals surface area (Å²) in [5.41, 5.74) is 5.08. The first-order valence-electron chi connectivity index (χ1n) is 7.84. The van der Waals surface area contributed by atoms with Gasteiger partial charge in [0.05, 0.1) is 6.04 Å². The van der Waals surface area contributed by atoms with Crippen molar-refractivity contribution >= 4 is 22.7 Å². The van der Waals surface area contributed by atoms with Crippen molar-refractivity contribution in [3.63, 3.8) is 0 Å². The Hall–Kier alpha value is -0.970. The van der Waals surface area contributed by atoms with Crippen LogP contribution in [0.3, 0.4) is 0 Å². The monoisotopic (exact) mass is 304 g/mol. The van der Waals surface area contributed by atoms with Gasteiger partial charge in [-0.1, -0.05) is 37.5 Å². The summed E-state index contributed by atoms with van der Waals surface area (Å²) in [5, 5.41) is 1.95. The van der Waals surface area contributed by atoms with Gasteiger partial charge >= 0.3 is 0 Å². The van der Waals surface area contributed by atoms with Crippen molar-refractivity contribution in [3.8, 4) is 0 Å². The standard InChI is InChI=1S/C17H24N2OS/c1-12-6-5-7-13-10-16(20-17(12)13)15(19-18)11-21-14-8-3-2-4-9-14/h5-7,10,14-15,19H,2-4,8-9,11,18H2,1H3. The molecule has 114 valence electrons. The molecule has 1 saturated carbocycles. The summed E-state index contributed by atoms with van der Waals surface area (Å²) in [6, 6.07) is 8.45. The van der Waals surface area contributed by atoms with Crippen LogP contribution in [0.2, 0.25) is 0 Å². The molecule has 1 aromatic heterocycles. The number of hydrazine groups is 1. The molecule has 1 aliphatic rings. The van der Waals surface area contributed by atoms with E-state index in [1.54, 1.807) is 0 Å². The number of nitrogens with one attached hydrogen (secondary N) is 1. The fourth-order valence-corrected chi connectivity index (χ4v) is 4.47. The average Bonchev–Trinajstić information content (AvgIpc) is 2.94. The van der Waals surface area contributed by atoms with Crippen LogP contribution in [0, 0.1) is 6.92 Å². The van der Waals surface area contributed by atoms with Crippen molar-refractivity contribution in [2.45, 2.75) is 50.3 Å². The number of aryl methyl sites for hydroxylation is 1. The average molecular weight is 304 g/mol. The topological polar surface area (TPSA) is 51.2 Å². The lowest BCUT2D eigenvalue weighted by molar-refractivity contribution is 0.461. The molecule has 0 aliphatic heterocycles. The van der Waals surface area contributed by atoms with Gasteiger partial charge in [0, 0.05) is 16.4 Å². The summed E-state index contributed by atoms with van der Waals surface area (Å²) in [6.07, 6.45) is 6.85. The minimum absolute atomic E-state index is 0.0868. The van der Waals surface area contributed by atoms with Crippen molar-refractivity contribution < 1.29 is 4.42 Å². The molecular formula is C17H24N2OS. The fourth-order valence-electron chi connectivity index (χ4n) is 3.08. The lowest BCUT2D eigenvalue weighted by Gasteiger charge is -2.23. The third-order valence-electron chi connectivity index (χ3n) is 4.36. The molecule has 2 aromatic rings. The summed E-state index contributed by atoms with van der Waals surface area (Å²) in [7, 11) is 0. The molecule has 1 heterocycles. The van der Waals surface area contributed by atoms with Crippen LogP contribution in [0.4, 0.5) is 0 Å². The van der Waals surface area contributed by atoms with Crippen LogP contribution >= 0.6 is 11.8 Å². The SMILES string of the molecule is Cc1cccc2cc(C(CSC3CCCCC3)NN)oc12. The van der Waals surface area contributed by atoms with Crippen molar-refractivity contribution in [1.29, 1.82) is 0 Å². The lowest BCUT2D eigenvalue weighted by atomic mass is 10.0. The summed E-state index contributed by atoms with van der Waals surface area (Å²) >= 11 is 2.04. The molecule has 0 radical (unpaired) electrons. The van der Waals surface area contributed by atoms with Gasteiger partial charge in [0.15, 0.2) is 0 Å². The van der Waals surface area contributed by atoms with Crippen molar-refractivity contribution in [1.82, 2.24) is 5.43 Å². The molecule has 3 N–H and O–H groups in total. The predicted octanol–water partition coefficient (Wildman–Crippen LogP) is 4.31. The van der Waals surface area contributed by atoms with Crippen LogP contribution < -0.4 is 11.3 Å². The molecule has 1 aromatic carbocycles. The lowest BCUT2D eigenvalue weighted by Crippen LogP contribution is -2.30. The molecule has 4 heteroatoms.